The molecule has 0 radical (unpaired) electrons. The Morgan fingerprint density at radius 2 is 2.24 bits per heavy atom. The van der Waals surface area contributed by atoms with E-state index in [9.17, 15) is 14.0 Å². The smallest absolute Gasteiger partial charge is 0.407 e. The molecule has 0 aromatic carbocycles. The van der Waals surface area contributed by atoms with Gasteiger partial charge in [-0.25, -0.2) is 9.18 Å². The summed E-state index contributed by atoms with van der Waals surface area (Å²) in [6.45, 7) is 0.243. The number of hydrogen-bond donors (Lipinski definition) is 4. The van der Waals surface area contributed by atoms with Crippen LogP contribution in [0.3, 0.4) is 0 Å². The van der Waals surface area contributed by atoms with E-state index in [-0.39, 0.29) is 18.4 Å². The molecular formula is C18H23FN6O4. The summed E-state index contributed by atoms with van der Waals surface area (Å²) in [5.74, 6) is -0.132. The predicted octanol–water partition coefficient (Wildman–Crippen LogP) is 1.09. The van der Waals surface area contributed by atoms with Crippen LogP contribution < -0.4 is 16.4 Å². The first-order valence-corrected chi connectivity index (χ1v) is 9.35. The fourth-order valence-corrected chi connectivity index (χ4v) is 4.18. The van der Waals surface area contributed by atoms with E-state index < -0.39 is 29.3 Å². The minimum Gasteiger partial charge on any atom is -0.444 e. The SMILES string of the molecule is CN=C(C=CN)C(=O)Nc1cc([C@H]2C[C@@H](OC(=O)NC34CC(F)(C3)C4)CO2)[nH]n1. The van der Waals surface area contributed by atoms with Crippen molar-refractivity contribution < 1.29 is 23.5 Å². The Morgan fingerprint density at radius 1 is 1.48 bits per heavy atom. The largest absolute Gasteiger partial charge is 0.444 e. The quantitative estimate of drug-likeness (QED) is 0.521. The van der Waals surface area contributed by atoms with Crippen molar-refractivity contribution in [3.8, 4) is 0 Å². The first kappa shape index (κ1) is 19.4. The molecule has 4 aliphatic rings. The van der Waals surface area contributed by atoms with E-state index in [1.807, 2.05) is 0 Å². The van der Waals surface area contributed by atoms with Crippen LogP contribution in [-0.4, -0.2) is 58.9 Å². The monoisotopic (exact) mass is 406 g/mol. The number of nitrogens with zero attached hydrogens (tertiary/aromatic N) is 2. The molecule has 11 heteroatoms. The number of hydrogen-bond acceptors (Lipinski definition) is 7. The number of amides is 2. The lowest BCUT2D eigenvalue weighted by molar-refractivity contribution is -0.165. The molecule has 1 aromatic rings. The molecule has 4 fully saturated rings. The Morgan fingerprint density at radius 3 is 2.90 bits per heavy atom. The van der Waals surface area contributed by atoms with Gasteiger partial charge < -0.3 is 25.8 Å². The fourth-order valence-electron chi connectivity index (χ4n) is 4.18. The highest BCUT2D eigenvalue weighted by molar-refractivity contribution is 6.46. The third kappa shape index (κ3) is 3.82. The summed E-state index contributed by atoms with van der Waals surface area (Å²) in [6, 6.07) is 1.65. The number of aromatic nitrogens is 2. The summed E-state index contributed by atoms with van der Waals surface area (Å²) in [5.41, 5.74) is 4.61. The molecule has 1 saturated heterocycles. The van der Waals surface area contributed by atoms with Crippen LogP contribution in [0.1, 0.15) is 37.5 Å². The molecule has 0 spiro atoms. The van der Waals surface area contributed by atoms with Crippen molar-refractivity contribution in [3.05, 3.63) is 24.0 Å². The van der Waals surface area contributed by atoms with Gasteiger partial charge in [-0.2, -0.15) is 5.10 Å². The molecule has 29 heavy (non-hydrogen) atoms. The Kier molecular flexibility index (Phi) is 4.77. The zero-order valence-corrected chi connectivity index (χ0v) is 15.9. The zero-order chi connectivity index (χ0) is 20.6. The van der Waals surface area contributed by atoms with Crippen LogP contribution in [0.2, 0.25) is 0 Å². The van der Waals surface area contributed by atoms with Crippen LogP contribution in [0, 0.1) is 0 Å². The second-order valence-electron chi connectivity index (χ2n) is 7.80. The number of carbonyl (C=O) groups excluding carboxylic acids is 2. The van der Waals surface area contributed by atoms with E-state index in [1.54, 1.807) is 6.07 Å². The molecule has 2 amide bonds. The lowest BCUT2D eigenvalue weighted by Gasteiger charge is -2.65. The van der Waals surface area contributed by atoms with Gasteiger partial charge >= 0.3 is 6.09 Å². The number of nitrogens with one attached hydrogen (secondary N) is 3. The van der Waals surface area contributed by atoms with Gasteiger partial charge in [-0.3, -0.25) is 14.9 Å². The molecule has 5 N–H and O–H groups in total. The van der Waals surface area contributed by atoms with Crippen molar-refractivity contribution in [2.24, 2.45) is 10.7 Å². The van der Waals surface area contributed by atoms with Crippen molar-refractivity contribution in [3.63, 3.8) is 0 Å². The van der Waals surface area contributed by atoms with E-state index in [1.165, 1.54) is 19.3 Å². The predicted molar refractivity (Wildman–Crippen MR) is 101 cm³/mol. The van der Waals surface area contributed by atoms with Crippen LogP contribution in [0.25, 0.3) is 0 Å². The number of H-pyrrole nitrogens is 1. The summed E-state index contributed by atoms with van der Waals surface area (Å²) in [4.78, 5) is 28.0. The zero-order valence-electron chi connectivity index (χ0n) is 15.9. The first-order chi connectivity index (χ1) is 13.8. The van der Waals surface area contributed by atoms with Crippen molar-refractivity contribution in [2.45, 2.75) is 49.1 Å². The van der Waals surface area contributed by atoms with Gasteiger partial charge in [-0.15, -0.1) is 0 Å². The average Bonchev–Trinajstić information content (AvgIpc) is 3.26. The Hall–Kier alpha value is -2.95. The number of aliphatic imine (C=N–C) groups is 1. The normalized spacial score (nSPS) is 33.1. The highest BCUT2D eigenvalue weighted by atomic mass is 19.1. The Bertz CT molecular complexity index is 862. The van der Waals surface area contributed by atoms with Crippen molar-refractivity contribution in [2.75, 3.05) is 19.0 Å². The van der Waals surface area contributed by atoms with E-state index in [0.29, 0.717) is 37.2 Å². The highest BCUT2D eigenvalue weighted by Gasteiger charge is 2.70. The van der Waals surface area contributed by atoms with Crippen molar-refractivity contribution in [1.82, 2.24) is 15.5 Å². The van der Waals surface area contributed by atoms with Gasteiger partial charge in [0.2, 0.25) is 0 Å². The highest BCUT2D eigenvalue weighted by Crippen LogP contribution is 2.62. The number of alkyl carbamates (subject to hydrolysis) is 1. The van der Waals surface area contributed by atoms with E-state index in [0.717, 1.165) is 0 Å². The van der Waals surface area contributed by atoms with Gasteiger partial charge in [0.25, 0.3) is 5.91 Å². The summed E-state index contributed by atoms with van der Waals surface area (Å²) in [6.07, 6.45) is 2.85. The first-order valence-electron chi connectivity index (χ1n) is 9.35. The van der Waals surface area contributed by atoms with Crippen LogP contribution >= 0.6 is 0 Å². The van der Waals surface area contributed by atoms with Crippen LogP contribution in [-0.2, 0) is 14.3 Å². The van der Waals surface area contributed by atoms with E-state index in [4.69, 9.17) is 15.2 Å². The molecule has 156 valence electrons. The molecule has 2 heterocycles. The second-order valence-corrected chi connectivity index (χ2v) is 7.80. The number of ether oxygens (including phenoxy) is 2. The number of anilines is 1. The number of rotatable bonds is 6. The molecule has 0 unspecified atom stereocenters. The molecule has 3 saturated carbocycles. The summed E-state index contributed by atoms with van der Waals surface area (Å²) in [7, 11) is 1.48. The number of carbonyl (C=O) groups is 2. The van der Waals surface area contributed by atoms with Gasteiger partial charge in [0.05, 0.1) is 17.8 Å². The lowest BCUT2D eigenvalue weighted by Crippen LogP contribution is -2.76. The maximum atomic E-state index is 13.5. The molecule has 1 aliphatic heterocycles. The molecule has 2 atom stereocenters. The second kappa shape index (κ2) is 7.14. The lowest BCUT2D eigenvalue weighted by atomic mass is 9.47. The van der Waals surface area contributed by atoms with Crippen LogP contribution in [0.4, 0.5) is 15.0 Å². The van der Waals surface area contributed by atoms with Gasteiger partial charge in [-0.1, -0.05) is 0 Å². The third-order valence-electron chi connectivity index (χ3n) is 5.48. The van der Waals surface area contributed by atoms with Gasteiger partial charge in [0, 0.05) is 38.8 Å². The topological polar surface area (TPSA) is 144 Å². The Labute approximate surface area is 166 Å². The van der Waals surface area contributed by atoms with Gasteiger partial charge in [-0.05, 0) is 12.3 Å². The Balaban J connectivity index is 1.26. The summed E-state index contributed by atoms with van der Waals surface area (Å²) in [5, 5.41) is 12.2. The molecule has 5 rings (SSSR count). The molecular weight excluding hydrogens is 383 g/mol. The molecule has 10 nitrogen and oxygen atoms in total. The standard InChI is InChI=1S/C18H23FN6O4/c1-21-11(2-3-20)15(26)22-14-5-12(24-25-14)13-4-10(6-28-13)29-16(27)23-18-7-17(19,8-18)9-18/h2-3,5,10,13H,4,6-9,20H2,1H3,(H,23,27)(H2,22,24,25,26)/t10-,13-,17?,18?/m1/s1. The minimum absolute atomic E-state index is 0.163. The molecule has 1 aromatic heterocycles. The van der Waals surface area contributed by atoms with E-state index >= 15 is 0 Å². The average molecular weight is 406 g/mol. The van der Waals surface area contributed by atoms with Gasteiger partial charge in [0.1, 0.15) is 23.6 Å². The molecule has 2 bridgehead atoms. The van der Waals surface area contributed by atoms with Gasteiger partial charge in [0.15, 0.2) is 5.82 Å². The van der Waals surface area contributed by atoms with Crippen molar-refractivity contribution in [1.29, 1.82) is 0 Å². The minimum atomic E-state index is -1.08. The number of aromatic amines is 1. The summed E-state index contributed by atoms with van der Waals surface area (Å²) < 4.78 is 24.6. The maximum Gasteiger partial charge on any atom is 0.407 e. The van der Waals surface area contributed by atoms with Crippen LogP contribution in [0.15, 0.2) is 23.3 Å². The summed E-state index contributed by atoms with van der Waals surface area (Å²) >= 11 is 0. The third-order valence-corrected chi connectivity index (χ3v) is 5.48. The van der Waals surface area contributed by atoms with Crippen molar-refractivity contribution >= 4 is 23.5 Å². The number of alkyl halides is 1. The van der Waals surface area contributed by atoms with E-state index in [2.05, 4.69) is 25.8 Å². The fraction of sp³-hybridized carbons (Fsp3) is 0.556. The molecule has 3 aliphatic carbocycles. The number of halogens is 1. The number of nitrogens with two attached hydrogens (primary N) is 1. The van der Waals surface area contributed by atoms with Crippen LogP contribution in [0.5, 0.6) is 0 Å². The maximum absolute atomic E-state index is 13.5.